The zero-order valence-corrected chi connectivity index (χ0v) is 28.8. The Labute approximate surface area is 281 Å². The Kier molecular flexibility index (Phi) is 15.5. The van der Waals surface area contributed by atoms with Gasteiger partial charge in [-0.1, -0.05) is 30.3 Å². The first kappa shape index (κ1) is 36.6. The third-order valence-electron chi connectivity index (χ3n) is 6.25. The van der Waals surface area contributed by atoms with Crippen LogP contribution in [-0.4, -0.2) is 77.4 Å². The Morgan fingerprint density at radius 3 is 2.09 bits per heavy atom. The molecule has 0 aromatic heterocycles. The Morgan fingerprint density at radius 1 is 0.884 bits per heavy atom. The van der Waals surface area contributed by atoms with Crippen LogP contribution in [0.2, 0.25) is 0 Å². The molecular formula is C28H36I2N6O6S. The molecule has 0 aliphatic rings. The van der Waals surface area contributed by atoms with Gasteiger partial charge in [0.25, 0.3) is 0 Å². The van der Waals surface area contributed by atoms with Crippen molar-refractivity contribution in [1.82, 2.24) is 21.3 Å². The highest BCUT2D eigenvalue weighted by Gasteiger charge is 2.27. The molecule has 0 aliphatic carbocycles. The Morgan fingerprint density at radius 2 is 1.51 bits per heavy atom. The van der Waals surface area contributed by atoms with E-state index in [4.69, 9.17) is 11.5 Å². The minimum Gasteiger partial charge on any atom is -0.506 e. The molecule has 0 saturated carbocycles. The maximum absolute atomic E-state index is 13.1. The van der Waals surface area contributed by atoms with Crippen molar-refractivity contribution in [3.63, 3.8) is 0 Å². The number of hydrogen-bond acceptors (Lipinski definition) is 8. The van der Waals surface area contributed by atoms with E-state index in [1.165, 1.54) is 18.7 Å². The molecule has 4 unspecified atom stereocenters. The van der Waals surface area contributed by atoms with Gasteiger partial charge in [0.05, 0.1) is 19.7 Å². The van der Waals surface area contributed by atoms with Crippen LogP contribution in [0.25, 0.3) is 0 Å². The summed E-state index contributed by atoms with van der Waals surface area (Å²) in [7, 11) is 0. The Bertz CT molecular complexity index is 1280. The fourth-order valence-electron chi connectivity index (χ4n) is 3.89. The number of benzene rings is 2. The number of thioether (sulfide) groups is 1. The van der Waals surface area contributed by atoms with Crippen molar-refractivity contribution >= 4 is 86.5 Å². The van der Waals surface area contributed by atoms with Crippen LogP contribution in [0.5, 0.6) is 5.75 Å². The number of aromatic hydroxyl groups is 1. The predicted molar refractivity (Wildman–Crippen MR) is 182 cm³/mol. The minimum absolute atomic E-state index is 0.143. The zero-order valence-electron chi connectivity index (χ0n) is 23.7. The van der Waals surface area contributed by atoms with Gasteiger partial charge in [-0.2, -0.15) is 11.8 Å². The molecule has 0 spiro atoms. The van der Waals surface area contributed by atoms with Crippen molar-refractivity contribution in [3.05, 3.63) is 60.7 Å². The molecule has 5 amide bonds. The van der Waals surface area contributed by atoms with Crippen LogP contribution in [0.15, 0.2) is 42.5 Å². The topological polar surface area (TPSA) is 206 Å². The quantitative estimate of drug-likeness (QED) is 0.119. The molecule has 12 nitrogen and oxygen atoms in total. The van der Waals surface area contributed by atoms with Crippen LogP contribution in [0, 0.1) is 7.14 Å². The predicted octanol–water partition coefficient (Wildman–Crippen LogP) is 0.543. The zero-order chi connectivity index (χ0) is 32.1. The van der Waals surface area contributed by atoms with Crippen LogP contribution in [0.3, 0.4) is 0 Å². The van der Waals surface area contributed by atoms with E-state index in [-0.39, 0.29) is 18.6 Å². The van der Waals surface area contributed by atoms with Crippen molar-refractivity contribution in [2.75, 3.05) is 18.6 Å². The molecule has 2 rings (SSSR count). The molecule has 0 saturated heterocycles. The summed E-state index contributed by atoms with van der Waals surface area (Å²) < 4.78 is 1.26. The van der Waals surface area contributed by atoms with Crippen LogP contribution in [0.4, 0.5) is 0 Å². The Hall–Kier alpha value is -2.64. The second-order valence-corrected chi connectivity index (χ2v) is 13.0. The summed E-state index contributed by atoms with van der Waals surface area (Å²) in [6.45, 7) is 0.994. The van der Waals surface area contributed by atoms with E-state index in [9.17, 15) is 29.1 Å². The van der Waals surface area contributed by atoms with Gasteiger partial charge in [-0.05, 0) is 100 Å². The maximum atomic E-state index is 13.1. The Balaban J connectivity index is 1.95. The highest BCUT2D eigenvalue weighted by Crippen LogP contribution is 2.27. The fraction of sp³-hybridized carbons (Fsp3) is 0.393. The van der Waals surface area contributed by atoms with E-state index in [2.05, 4.69) is 21.3 Å². The van der Waals surface area contributed by atoms with Gasteiger partial charge in [0, 0.05) is 6.42 Å². The highest BCUT2D eigenvalue weighted by atomic mass is 127. The summed E-state index contributed by atoms with van der Waals surface area (Å²) in [6, 6.07) is 8.57. The molecule has 0 heterocycles. The molecule has 15 heteroatoms. The molecule has 9 N–H and O–H groups in total. The van der Waals surface area contributed by atoms with E-state index >= 15 is 0 Å². The number of primary amides is 1. The van der Waals surface area contributed by atoms with Gasteiger partial charge < -0.3 is 37.8 Å². The lowest BCUT2D eigenvalue weighted by Gasteiger charge is -2.22. The smallest absolute Gasteiger partial charge is 0.243 e. The van der Waals surface area contributed by atoms with Crippen molar-refractivity contribution in [2.45, 2.75) is 50.4 Å². The third-order valence-corrected chi connectivity index (χ3v) is 8.54. The average molecular weight is 839 g/mol. The number of nitrogens with two attached hydrogens (primary N) is 2. The molecule has 0 bridgehead atoms. The number of rotatable bonds is 16. The number of carbonyl (C=O) groups excluding carboxylic acids is 5. The van der Waals surface area contributed by atoms with Gasteiger partial charge in [-0.3, -0.25) is 24.0 Å². The lowest BCUT2D eigenvalue weighted by Crippen LogP contribution is -2.56. The fourth-order valence-corrected chi connectivity index (χ4v) is 6.26. The highest BCUT2D eigenvalue weighted by molar-refractivity contribution is 14.1. The molecular weight excluding hydrogens is 802 g/mol. The second-order valence-electron chi connectivity index (χ2n) is 9.72. The molecule has 234 valence electrons. The number of carbonyl (C=O) groups is 5. The first-order valence-electron chi connectivity index (χ1n) is 13.2. The van der Waals surface area contributed by atoms with Gasteiger partial charge >= 0.3 is 0 Å². The van der Waals surface area contributed by atoms with Crippen molar-refractivity contribution in [1.29, 1.82) is 0 Å². The van der Waals surface area contributed by atoms with Crippen LogP contribution >= 0.6 is 56.9 Å². The molecule has 0 aliphatic heterocycles. The van der Waals surface area contributed by atoms with E-state index in [0.717, 1.165) is 11.1 Å². The number of halogens is 2. The van der Waals surface area contributed by atoms with E-state index in [1.807, 2.05) is 57.5 Å². The maximum Gasteiger partial charge on any atom is 0.243 e. The summed E-state index contributed by atoms with van der Waals surface area (Å²) in [5, 5.41) is 20.1. The number of phenolic OH excluding ortho intramolecular Hbond substituents is 1. The first-order valence-corrected chi connectivity index (χ1v) is 16.8. The van der Waals surface area contributed by atoms with Gasteiger partial charge in [0.15, 0.2) is 0 Å². The average Bonchev–Trinajstić information content (AvgIpc) is 2.96. The number of amides is 5. The lowest BCUT2D eigenvalue weighted by atomic mass is 10.0. The summed E-state index contributed by atoms with van der Waals surface area (Å²) in [4.78, 5) is 62.9. The van der Waals surface area contributed by atoms with Crippen LogP contribution in [0.1, 0.15) is 24.5 Å². The SMILES string of the molecule is CSCCC(NC(=O)C(Cc1ccccc1)NC(=O)CNC(=O)C(C)NC(=O)C(N)Cc1cc(I)c(O)c(I)c1)C(N)=O. The molecule has 43 heavy (non-hydrogen) atoms. The van der Waals surface area contributed by atoms with Crippen LogP contribution in [-0.2, 0) is 36.8 Å². The monoisotopic (exact) mass is 838 g/mol. The summed E-state index contributed by atoms with van der Waals surface area (Å²) in [5.74, 6) is -2.33. The van der Waals surface area contributed by atoms with Gasteiger partial charge in [0.2, 0.25) is 29.5 Å². The lowest BCUT2D eigenvalue weighted by molar-refractivity contribution is -0.132. The van der Waals surface area contributed by atoms with Crippen LogP contribution < -0.4 is 32.7 Å². The number of nitrogens with one attached hydrogen (secondary N) is 4. The largest absolute Gasteiger partial charge is 0.506 e. The van der Waals surface area contributed by atoms with Crippen molar-refractivity contribution in [3.8, 4) is 5.75 Å². The molecule has 0 radical (unpaired) electrons. The van der Waals surface area contributed by atoms with E-state index < -0.39 is 60.2 Å². The second kappa shape index (κ2) is 18.2. The first-order chi connectivity index (χ1) is 20.3. The van der Waals surface area contributed by atoms with Crippen molar-refractivity contribution < 1.29 is 29.1 Å². The van der Waals surface area contributed by atoms with E-state index in [1.54, 1.807) is 36.4 Å². The molecule has 2 aromatic carbocycles. The minimum atomic E-state index is -1.04. The van der Waals surface area contributed by atoms with E-state index in [0.29, 0.717) is 19.3 Å². The molecule has 2 aromatic rings. The van der Waals surface area contributed by atoms with Gasteiger partial charge in [-0.15, -0.1) is 0 Å². The van der Waals surface area contributed by atoms with Crippen molar-refractivity contribution in [2.24, 2.45) is 11.5 Å². The molecule has 0 fully saturated rings. The summed E-state index contributed by atoms with van der Waals surface area (Å²) in [6.07, 6.45) is 2.54. The third kappa shape index (κ3) is 12.5. The normalized spacial score (nSPS) is 13.6. The number of phenols is 1. The summed E-state index contributed by atoms with van der Waals surface area (Å²) in [5.41, 5.74) is 13.0. The van der Waals surface area contributed by atoms with Gasteiger partial charge in [0.1, 0.15) is 23.9 Å². The van der Waals surface area contributed by atoms with Gasteiger partial charge in [-0.25, -0.2) is 0 Å². The summed E-state index contributed by atoms with van der Waals surface area (Å²) >= 11 is 5.48. The molecule has 4 atom stereocenters. The number of hydrogen-bond donors (Lipinski definition) is 7. The standard InChI is InChI=1S/C28H36I2N6O6S/c1-15(34-27(41)20(31)12-17-10-18(29)24(38)19(30)11-17)26(40)33-14-23(37)35-22(13-16-6-4-3-5-7-16)28(42)36-21(25(32)39)8-9-43-2/h3-7,10-11,15,20-22,38H,8-9,12-14,31H2,1-2H3,(H2,32,39)(H,33,40)(H,34,41)(H,35,37)(H,36,42).